The Labute approximate surface area is 132 Å². The molecule has 4 rings (SSSR count). The highest BCUT2D eigenvalue weighted by atomic mass is 16.1. The summed E-state index contributed by atoms with van der Waals surface area (Å²) in [5, 5.41) is 0. The van der Waals surface area contributed by atoms with Crippen molar-refractivity contribution in [3.8, 4) is 22.4 Å². The van der Waals surface area contributed by atoms with E-state index < -0.39 is 0 Å². The molecular weight excluding hydrogens is 286 g/mol. The van der Waals surface area contributed by atoms with Gasteiger partial charge in [-0.15, -0.1) is 0 Å². The van der Waals surface area contributed by atoms with Crippen LogP contribution >= 0.6 is 0 Å². The maximum Gasteiger partial charge on any atom is 0.355 e. The minimum absolute atomic E-state index is 0.325. The molecule has 0 spiro atoms. The molecule has 0 atom stereocenters. The number of fused-ring (bicyclic) bond motifs is 1. The van der Waals surface area contributed by atoms with Crippen molar-refractivity contribution in [1.82, 2.24) is 14.4 Å². The standard InChI is InChI=1S/C19H13N3O/c23-19-21-13-20-18-12-16(14-7-3-1-4-8-14)11-17(22(18)19)15-9-5-2-6-10-15/h1-13H. The first-order chi connectivity index (χ1) is 11.3. The molecular formula is C19H13N3O. The van der Waals surface area contributed by atoms with E-state index in [2.05, 4.69) is 9.97 Å². The van der Waals surface area contributed by atoms with Gasteiger partial charge in [0.1, 0.15) is 12.0 Å². The Morgan fingerprint density at radius 2 is 1.35 bits per heavy atom. The van der Waals surface area contributed by atoms with Gasteiger partial charge in [0.15, 0.2) is 0 Å². The number of hydrogen-bond acceptors (Lipinski definition) is 3. The normalized spacial score (nSPS) is 10.8. The Balaban J connectivity index is 2.08. The lowest BCUT2D eigenvalue weighted by atomic mass is 10.0. The van der Waals surface area contributed by atoms with Crippen LogP contribution in [0.3, 0.4) is 0 Å². The molecule has 0 amide bonds. The second-order valence-electron chi connectivity index (χ2n) is 5.21. The summed E-state index contributed by atoms with van der Waals surface area (Å²) >= 11 is 0. The van der Waals surface area contributed by atoms with Crippen molar-refractivity contribution in [3.05, 3.63) is 89.6 Å². The fraction of sp³-hybridized carbons (Fsp3) is 0. The third-order valence-electron chi connectivity index (χ3n) is 3.77. The van der Waals surface area contributed by atoms with Crippen LogP contribution in [0.25, 0.3) is 28.0 Å². The van der Waals surface area contributed by atoms with Crippen LogP contribution in [-0.4, -0.2) is 14.4 Å². The maximum absolute atomic E-state index is 12.2. The quantitative estimate of drug-likeness (QED) is 0.570. The SMILES string of the molecule is O=c1ncnc2cc(-c3ccccc3)cc(-c3ccccc3)n12. The van der Waals surface area contributed by atoms with Gasteiger partial charge in [0.2, 0.25) is 0 Å². The highest BCUT2D eigenvalue weighted by Gasteiger charge is 2.10. The smallest absolute Gasteiger partial charge is 0.245 e. The molecule has 4 nitrogen and oxygen atoms in total. The highest BCUT2D eigenvalue weighted by Crippen LogP contribution is 2.26. The van der Waals surface area contributed by atoms with Gasteiger partial charge < -0.3 is 0 Å². The van der Waals surface area contributed by atoms with Crippen molar-refractivity contribution in [2.24, 2.45) is 0 Å². The second-order valence-corrected chi connectivity index (χ2v) is 5.21. The summed E-state index contributed by atoms with van der Waals surface area (Å²) in [6.45, 7) is 0. The summed E-state index contributed by atoms with van der Waals surface area (Å²) in [4.78, 5) is 20.3. The zero-order valence-electron chi connectivity index (χ0n) is 12.3. The first-order valence-corrected chi connectivity index (χ1v) is 7.31. The molecule has 0 saturated heterocycles. The predicted molar refractivity (Wildman–Crippen MR) is 90.1 cm³/mol. The van der Waals surface area contributed by atoms with E-state index in [0.717, 1.165) is 22.4 Å². The Morgan fingerprint density at radius 3 is 2.04 bits per heavy atom. The third kappa shape index (κ3) is 2.40. The fourth-order valence-electron chi connectivity index (χ4n) is 2.69. The largest absolute Gasteiger partial charge is 0.355 e. The van der Waals surface area contributed by atoms with Gasteiger partial charge in [-0.25, -0.2) is 14.2 Å². The Hall–Kier alpha value is -3.27. The number of hydrogen-bond donors (Lipinski definition) is 0. The lowest BCUT2D eigenvalue weighted by Crippen LogP contribution is -2.19. The van der Waals surface area contributed by atoms with Gasteiger partial charge in [-0.05, 0) is 28.8 Å². The van der Waals surface area contributed by atoms with Gasteiger partial charge in [0.25, 0.3) is 0 Å². The predicted octanol–water partition coefficient (Wildman–Crippen LogP) is 3.42. The summed E-state index contributed by atoms with van der Waals surface area (Å²) in [7, 11) is 0. The Morgan fingerprint density at radius 1 is 0.696 bits per heavy atom. The van der Waals surface area contributed by atoms with Crippen LogP contribution in [0.2, 0.25) is 0 Å². The average molecular weight is 299 g/mol. The van der Waals surface area contributed by atoms with Crippen molar-refractivity contribution >= 4 is 5.65 Å². The van der Waals surface area contributed by atoms with Crippen molar-refractivity contribution in [2.45, 2.75) is 0 Å². The molecule has 2 heterocycles. The molecule has 4 heteroatoms. The monoisotopic (exact) mass is 299 g/mol. The highest BCUT2D eigenvalue weighted by molar-refractivity contribution is 5.75. The van der Waals surface area contributed by atoms with Crippen LogP contribution in [0.4, 0.5) is 0 Å². The van der Waals surface area contributed by atoms with E-state index >= 15 is 0 Å². The van der Waals surface area contributed by atoms with Gasteiger partial charge in [-0.3, -0.25) is 0 Å². The number of rotatable bonds is 2. The first-order valence-electron chi connectivity index (χ1n) is 7.31. The van der Waals surface area contributed by atoms with Crippen molar-refractivity contribution in [2.75, 3.05) is 0 Å². The number of nitrogens with zero attached hydrogens (tertiary/aromatic N) is 3. The van der Waals surface area contributed by atoms with E-state index in [0.29, 0.717) is 5.65 Å². The zero-order chi connectivity index (χ0) is 15.6. The molecule has 0 fully saturated rings. The summed E-state index contributed by atoms with van der Waals surface area (Å²) < 4.78 is 1.54. The molecule has 0 saturated carbocycles. The molecule has 0 radical (unpaired) electrons. The Bertz CT molecular complexity index is 1020. The average Bonchev–Trinajstić information content (AvgIpc) is 2.62. The summed E-state index contributed by atoms with van der Waals surface area (Å²) in [6.07, 6.45) is 1.31. The maximum atomic E-state index is 12.2. The van der Waals surface area contributed by atoms with Crippen LogP contribution < -0.4 is 5.69 Å². The van der Waals surface area contributed by atoms with Gasteiger partial charge in [-0.2, -0.15) is 4.98 Å². The van der Waals surface area contributed by atoms with Crippen LogP contribution in [0.5, 0.6) is 0 Å². The lowest BCUT2D eigenvalue weighted by Gasteiger charge is -2.11. The summed E-state index contributed by atoms with van der Waals surface area (Å²) in [5.74, 6) is 0. The minimum atomic E-state index is -0.325. The van der Waals surface area contributed by atoms with Crippen molar-refractivity contribution < 1.29 is 0 Å². The Kier molecular flexibility index (Phi) is 3.20. The van der Waals surface area contributed by atoms with E-state index in [-0.39, 0.29) is 5.69 Å². The summed E-state index contributed by atoms with van der Waals surface area (Å²) in [5.41, 5.74) is 4.10. The molecule has 110 valence electrons. The lowest BCUT2D eigenvalue weighted by molar-refractivity contribution is 0.947. The van der Waals surface area contributed by atoms with E-state index in [1.807, 2.05) is 72.8 Å². The van der Waals surface area contributed by atoms with Crippen LogP contribution in [0.1, 0.15) is 0 Å². The number of aromatic nitrogens is 3. The molecule has 4 aromatic rings. The molecule has 2 aromatic heterocycles. The first kappa shape index (κ1) is 13.4. The van der Waals surface area contributed by atoms with Gasteiger partial charge in [0.05, 0.1) is 5.69 Å². The van der Waals surface area contributed by atoms with Crippen LogP contribution in [0.15, 0.2) is 83.9 Å². The van der Waals surface area contributed by atoms with Gasteiger partial charge in [0, 0.05) is 0 Å². The van der Waals surface area contributed by atoms with E-state index in [4.69, 9.17) is 0 Å². The number of pyridine rings is 1. The molecule has 0 bridgehead atoms. The molecule has 23 heavy (non-hydrogen) atoms. The fourth-order valence-corrected chi connectivity index (χ4v) is 2.69. The molecule has 2 aromatic carbocycles. The molecule has 0 aliphatic heterocycles. The topological polar surface area (TPSA) is 47.3 Å². The minimum Gasteiger partial charge on any atom is -0.245 e. The van der Waals surface area contributed by atoms with E-state index in [1.165, 1.54) is 6.33 Å². The van der Waals surface area contributed by atoms with Crippen molar-refractivity contribution in [3.63, 3.8) is 0 Å². The molecule has 0 aliphatic rings. The number of benzene rings is 2. The van der Waals surface area contributed by atoms with Gasteiger partial charge in [-0.1, -0.05) is 60.7 Å². The van der Waals surface area contributed by atoms with Crippen LogP contribution in [-0.2, 0) is 0 Å². The molecule has 0 aliphatic carbocycles. The molecule has 0 unspecified atom stereocenters. The third-order valence-corrected chi connectivity index (χ3v) is 3.77. The van der Waals surface area contributed by atoms with E-state index in [9.17, 15) is 4.79 Å². The van der Waals surface area contributed by atoms with Crippen LogP contribution in [0, 0.1) is 0 Å². The van der Waals surface area contributed by atoms with Crippen molar-refractivity contribution in [1.29, 1.82) is 0 Å². The van der Waals surface area contributed by atoms with E-state index in [1.54, 1.807) is 4.40 Å². The zero-order valence-corrected chi connectivity index (χ0v) is 12.3. The van der Waals surface area contributed by atoms with Gasteiger partial charge >= 0.3 is 5.69 Å². The summed E-state index contributed by atoms with van der Waals surface area (Å²) in [6, 6.07) is 23.8. The second kappa shape index (κ2) is 5.50. The molecule has 0 N–H and O–H groups in total.